The molecule has 0 spiro atoms. The van der Waals surface area contributed by atoms with Gasteiger partial charge < -0.3 is 19.9 Å². The molecule has 0 bridgehead atoms. The van der Waals surface area contributed by atoms with Crippen LogP contribution in [0.3, 0.4) is 0 Å². The number of anilines is 2. The van der Waals surface area contributed by atoms with Gasteiger partial charge in [0.25, 0.3) is 0 Å². The highest BCUT2D eigenvalue weighted by Crippen LogP contribution is 2.32. The topological polar surface area (TPSA) is 102 Å². The number of carbonyl (C=O) groups excluding carboxylic acids is 3. The minimum Gasteiger partial charge on any atom is -0.496 e. The van der Waals surface area contributed by atoms with Gasteiger partial charge in [-0.15, -0.1) is 0 Å². The zero-order valence-corrected chi connectivity index (χ0v) is 26.9. The second-order valence-corrected chi connectivity index (χ2v) is 11.7. The monoisotopic (exact) mass is 638 g/mol. The van der Waals surface area contributed by atoms with Gasteiger partial charge in [0.15, 0.2) is 5.78 Å². The lowest BCUT2D eigenvalue weighted by Crippen LogP contribution is -2.27. The highest BCUT2D eigenvalue weighted by atomic mass is 79.9. The fourth-order valence-corrected chi connectivity index (χ4v) is 6.13. The van der Waals surface area contributed by atoms with E-state index in [9.17, 15) is 14.4 Å². The van der Waals surface area contributed by atoms with Crippen LogP contribution in [0.15, 0.2) is 53.5 Å². The van der Waals surface area contributed by atoms with Crippen LogP contribution in [-0.4, -0.2) is 34.3 Å². The summed E-state index contributed by atoms with van der Waals surface area (Å²) in [5.74, 6) is 1.80. The maximum Gasteiger partial charge on any atom is 0.244 e. The van der Waals surface area contributed by atoms with Gasteiger partial charge in [0.05, 0.1) is 13.4 Å². The van der Waals surface area contributed by atoms with Crippen molar-refractivity contribution in [2.45, 2.75) is 79.2 Å². The molecule has 1 heterocycles. The summed E-state index contributed by atoms with van der Waals surface area (Å²) in [5.41, 5.74) is 4.10. The van der Waals surface area contributed by atoms with Crippen molar-refractivity contribution in [3.63, 3.8) is 0 Å². The van der Waals surface area contributed by atoms with E-state index in [-0.39, 0.29) is 30.1 Å². The van der Waals surface area contributed by atoms with Crippen molar-refractivity contribution in [1.29, 1.82) is 0 Å². The molecule has 2 aromatic carbocycles. The molecule has 0 saturated heterocycles. The summed E-state index contributed by atoms with van der Waals surface area (Å²) in [7, 11) is 1.66. The van der Waals surface area contributed by atoms with Crippen LogP contribution in [0.2, 0.25) is 0 Å². The van der Waals surface area contributed by atoms with E-state index in [0.717, 1.165) is 52.2 Å². The van der Waals surface area contributed by atoms with Crippen LogP contribution in [-0.2, 0) is 22.6 Å². The molecule has 226 valence electrons. The molecular weight excluding hydrogens is 596 g/mol. The number of nitrogens with zero attached hydrogens (tertiary/aromatic N) is 2. The molecule has 0 unspecified atom stereocenters. The SMILES string of the molecule is CCCC1CCC(C(=O)Nc2ccc(C)c(OC)c2)CC1.CCc1c(Br)cc(NC(=O)Cn2ccnc2)cc1C(C)=O. The maximum atomic E-state index is 12.4. The Morgan fingerprint density at radius 2 is 1.79 bits per heavy atom. The quantitative estimate of drug-likeness (QED) is 0.223. The fraction of sp³-hybridized carbons (Fsp3) is 0.455. The number of benzene rings is 2. The van der Waals surface area contributed by atoms with E-state index < -0.39 is 0 Å². The molecule has 1 aromatic heterocycles. The first-order valence-electron chi connectivity index (χ1n) is 14.7. The summed E-state index contributed by atoms with van der Waals surface area (Å²) in [6.45, 7) is 7.94. The van der Waals surface area contributed by atoms with Crippen molar-refractivity contribution in [2.24, 2.45) is 11.8 Å². The average Bonchev–Trinajstić information content (AvgIpc) is 3.47. The molecule has 2 N–H and O–H groups in total. The van der Waals surface area contributed by atoms with E-state index in [1.807, 2.05) is 38.1 Å². The molecule has 42 heavy (non-hydrogen) atoms. The minimum absolute atomic E-state index is 0.0155. The van der Waals surface area contributed by atoms with Gasteiger partial charge in [0.2, 0.25) is 11.8 Å². The normalized spacial score (nSPS) is 16.1. The molecule has 0 radical (unpaired) electrons. The molecule has 9 heteroatoms. The van der Waals surface area contributed by atoms with Gasteiger partial charge in [0, 0.05) is 45.8 Å². The van der Waals surface area contributed by atoms with Crippen LogP contribution in [0, 0.1) is 18.8 Å². The summed E-state index contributed by atoms with van der Waals surface area (Å²) >= 11 is 3.46. The summed E-state index contributed by atoms with van der Waals surface area (Å²) in [6.07, 6.45) is 12.7. The number of rotatable bonds is 10. The Kier molecular flexibility index (Phi) is 12.8. The third-order valence-corrected chi connectivity index (χ3v) is 8.40. The van der Waals surface area contributed by atoms with E-state index in [0.29, 0.717) is 11.3 Å². The van der Waals surface area contributed by atoms with Crippen molar-refractivity contribution < 1.29 is 19.1 Å². The maximum absolute atomic E-state index is 12.4. The van der Waals surface area contributed by atoms with Gasteiger partial charge in [-0.05, 0) is 81.2 Å². The highest BCUT2D eigenvalue weighted by Gasteiger charge is 2.26. The van der Waals surface area contributed by atoms with E-state index in [4.69, 9.17) is 4.74 Å². The molecule has 1 saturated carbocycles. The number of nitrogens with one attached hydrogen (secondary N) is 2. The first kappa shape index (κ1) is 33.0. The molecule has 4 rings (SSSR count). The molecule has 1 fully saturated rings. The number of methoxy groups -OCH3 is 1. The van der Waals surface area contributed by atoms with Crippen LogP contribution in [0.25, 0.3) is 0 Å². The standard InChI is InChI=1S/C18H27NO2.C15H16BrN3O2/c1-4-5-14-7-9-15(10-8-14)18(20)19-16-11-6-13(2)17(12-16)21-3;1-3-12-13(10(2)20)6-11(7-14(12)16)18-15(21)8-19-5-4-17-9-19/h6,11-12,14-15H,4-5,7-10H2,1-3H3,(H,19,20);4-7,9H,3,8H2,1-2H3,(H,18,21). The van der Waals surface area contributed by atoms with Gasteiger partial charge >= 0.3 is 0 Å². The van der Waals surface area contributed by atoms with E-state index in [1.54, 1.807) is 36.5 Å². The number of aromatic nitrogens is 2. The summed E-state index contributed by atoms with van der Waals surface area (Å²) in [5, 5.41) is 5.84. The number of hydrogen-bond acceptors (Lipinski definition) is 5. The van der Waals surface area contributed by atoms with Gasteiger partial charge in [-0.1, -0.05) is 48.7 Å². The minimum atomic E-state index is -0.168. The van der Waals surface area contributed by atoms with Crippen molar-refractivity contribution >= 4 is 44.9 Å². The average molecular weight is 640 g/mol. The number of halogens is 1. The second kappa shape index (κ2) is 16.2. The molecular formula is C33H43BrN4O4. The molecule has 3 aromatic rings. The number of hydrogen-bond donors (Lipinski definition) is 2. The summed E-state index contributed by atoms with van der Waals surface area (Å²) in [6, 6.07) is 9.36. The number of ketones is 1. The number of imidazole rings is 1. The molecule has 0 aliphatic heterocycles. The Morgan fingerprint density at radius 3 is 2.38 bits per heavy atom. The van der Waals surface area contributed by atoms with Crippen LogP contribution < -0.4 is 15.4 Å². The van der Waals surface area contributed by atoms with Crippen molar-refractivity contribution in [3.05, 3.63) is 70.2 Å². The van der Waals surface area contributed by atoms with E-state index >= 15 is 0 Å². The highest BCUT2D eigenvalue weighted by molar-refractivity contribution is 9.10. The third-order valence-electron chi connectivity index (χ3n) is 7.69. The summed E-state index contributed by atoms with van der Waals surface area (Å²) in [4.78, 5) is 39.9. The van der Waals surface area contributed by atoms with Gasteiger partial charge in [-0.2, -0.15) is 0 Å². The van der Waals surface area contributed by atoms with Crippen molar-refractivity contribution in [1.82, 2.24) is 9.55 Å². The van der Waals surface area contributed by atoms with Crippen LogP contribution in [0.1, 0.15) is 80.8 Å². The Morgan fingerprint density at radius 1 is 1.05 bits per heavy atom. The molecule has 8 nitrogen and oxygen atoms in total. The zero-order valence-electron chi connectivity index (χ0n) is 25.3. The third kappa shape index (κ3) is 9.54. The summed E-state index contributed by atoms with van der Waals surface area (Å²) < 4.78 is 7.81. The van der Waals surface area contributed by atoms with E-state index in [1.165, 1.54) is 32.6 Å². The molecule has 0 atom stereocenters. The Balaban J connectivity index is 0.000000230. The second-order valence-electron chi connectivity index (χ2n) is 10.9. The van der Waals surface area contributed by atoms with Crippen LogP contribution in [0.4, 0.5) is 11.4 Å². The van der Waals surface area contributed by atoms with Crippen molar-refractivity contribution in [3.8, 4) is 5.75 Å². The number of carbonyl (C=O) groups is 3. The first-order valence-corrected chi connectivity index (χ1v) is 15.5. The fourth-order valence-electron chi connectivity index (χ4n) is 5.39. The number of Topliss-reactive ketones (excluding diaryl/α,β-unsaturated/α-hetero) is 1. The smallest absolute Gasteiger partial charge is 0.244 e. The first-order chi connectivity index (χ1) is 20.1. The van der Waals surface area contributed by atoms with Crippen LogP contribution in [0.5, 0.6) is 5.75 Å². The number of amides is 2. The lowest BCUT2D eigenvalue weighted by atomic mass is 9.80. The van der Waals surface area contributed by atoms with Gasteiger partial charge in [-0.3, -0.25) is 14.4 Å². The molecule has 1 aliphatic carbocycles. The Labute approximate surface area is 257 Å². The largest absolute Gasteiger partial charge is 0.496 e. The zero-order chi connectivity index (χ0) is 30.6. The molecule has 2 amide bonds. The van der Waals surface area contributed by atoms with Gasteiger partial charge in [-0.25, -0.2) is 4.98 Å². The number of ether oxygens (including phenoxy) is 1. The van der Waals surface area contributed by atoms with Gasteiger partial charge in [0.1, 0.15) is 12.3 Å². The predicted molar refractivity (Wildman–Crippen MR) is 171 cm³/mol. The Hall–Kier alpha value is -3.46. The Bertz CT molecular complexity index is 1350. The lowest BCUT2D eigenvalue weighted by molar-refractivity contribution is -0.121. The lowest BCUT2D eigenvalue weighted by Gasteiger charge is -2.27. The van der Waals surface area contributed by atoms with E-state index in [2.05, 4.69) is 38.5 Å². The molecule has 1 aliphatic rings. The van der Waals surface area contributed by atoms with Crippen molar-refractivity contribution in [2.75, 3.05) is 17.7 Å². The number of aryl methyl sites for hydroxylation is 1. The van der Waals surface area contributed by atoms with Crippen LogP contribution >= 0.6 is 15.9 Å². The predicted octanol–water partition coefficient (Wildman–Crippen LogP) is 7.60.